The summed E-state index contributed by atoms with van der Waals surface area (Å²) in [5.74, 6) is -0.0304. The fourth-order valence-electron chi connectivity index (χ4n) is 1.00. The zero-order chi connectivity index (χ0) is 11.6. The molecular weight excluding hydrogens is 214 g/mol. The van der Waals surface area contributed by atoms with Gasteiger partial charge in [0.05, 0.1) is 16.7 Å². The summed E-state index contributed by atoms with van der Waals surface area (Å²) in [4.78, 5) is 0. The molecular formula is C9H17N3O2S. The number of hydrogen-bond donors (Lipinski definition) is 0. The molecule has 0 spiro atoms. The van der Waals surface area contributed by atoms with E-state index < -0.39 is 9.84 Å². The molecule has 0 saturated carbocycles. The third-order valence-electron chi connectivity index (χ3n) is 2.15. The van der Waals surface area contributed by atoms with Crippen LogP contribution in [0.3, 0.4) is 0 Å². The summed E-state index contributed by atoms with van der Waals surface area (Å²) in [7, 11) is -3.08. The fourth-order valence-corrected chi connectivity index (χ4v) is 1.88. The maximum Gasteiger partial charge on any atom is 0.158 e. The third kappa shape index (κ3) is 3.02. The van der Waals surface area contributed by atoms with Gasteiger partial charge in [0, 0.05) is 12.2 Å². The van der Waals surface area contributed by atoms with Gasteiger partial charge in [-0.15, -0.1) is 5.10 Å². The van der Waals surface area contributed by atoms with Crippen molar-refractivity contribution in [3.63, 3.8) is 0 Å². The van der Waals surface area contributed by atoms with E-state index in [0.717, 1.165) is 0 Å². The molecule has 0 atom stereocenters. The Morgan fingerprint density at radius 1 is 1.33 bits per heavy atom. The highest BCUT2D eigenvalue weighted by molar-refractivity contribution is 7.91. The first-order chi connectivity index (χ1) is 6.83. The number of rotatable bonds is 4. The molecule has 0 radical (unpaired) electrons. The van der Waals surface area contributed by atoms with E-state index in [1.165, 1.54) is 0 Å². The smallest absolute Gasteiger partial charge is 0.158 e. The summed E-state index contributed by atoms with van der Waals surface area (Å²) in [5, 5.41) is 7.33. The van der Waals surface area contributed by atoms with Gasteiger partial charge in [0.25, 0.3) is 0 Å². The van der Waals surface area contributed by atoms with Gasteiger partial charge < -0.3 is 0 Å². The Bertz CT molecular complexity index is 420. The Kier molecular flexibility index (Phi) is 3.49. The normalized spacial score (nSPS) is 12.7. The van der Waals surface area contributed by atoms with Crippen LogP contribution in [0.4, 0.5) is 0 Å². The molecule has 1 aromatic heterocycles. The highest BCUT2D eigenvalue weighted by Crippen LogP contribution is 2.10. The van der Waals surface area contributed by atoms with Gasteiger partial charge in [0.2, 0.25) is 0 Å². The number of hydrogen-bond acceptors (Lipinski definition) is 4. The zero-order valence-corrected chi connectivity index (χ0v) is 10.3. The van der Waals surface area contributed by atoms with E-state index in [1.54, 1.807) is 24.7 Å². The Morgan fingerprint density at radius 3 is 2.33 bits per heavy atom. The average molecular weight is 231 g/mol. The van der Waals surface area contributed by atoms with Gasteiger partial charge in [-0.25, -0.2) is 13.1 Å². The molecule has 86 valence electrons. The Morgan fingerprint density at radius 2 is 1.93 bits per heavy atom. The van der Waals surface area contributed by atoms with Crippen molar-refractivity contribution >= 4 is 9.84 Å². The monoisotopic (exact) mass is 231 g/mol. The minimum atomic E-state index is -3.08. The topological polar surface area (TPSA) is 64.8 Å². The quantitative estimate of drug-likeness (QED) is 0.780. The van der Waals surface area contributed by atoms with E-state index in [-0.39, 0.29) is 17.0 Å². The standard InChI is InChI=1S/C9H17N3O2S/c1-7(2)12-5-9(10-11-12)6-15(13,14)8(3)4/h5,7-8H,6H2,1-4H3. The van der Waals surface area contributed by atoms with E-state index in [2.05, 4.69) is 10.3 Å². The Labute approximate surface area is 90.4 Å². The van der Waals surface area contributed by atoms with Gasteiger partial charge in [0.15, 0.2) is 9.84 Å². The molecule has 15 heavy (non-hydrogen) atoms. The van der Waals surface area contributed by atoms with Crippen molar-refractivity contribution in [3.8, 4) is 0 Å². The second-order valence-corrected chi connectivity index (χ2v) is 6.70. The summed E-state index contributed by atoms with van der Waals surface area (Å²) < 4.78 is 24.9. The summed E-state index contributed by atoms with van der Waals surface area (Å²) in [6.07, 6.45) is 1.69. The van der Waals surface area contributed by atoms with E-state index in [4.69, 9.17) is 0 Å². The Balaban J connectivity index is 2.82. The van der Waals surface area contributed by atoms with Crippen LogP contribution in [0, 0.1) is 0 Å². The van der Waals surface area contributed by atoms with E-state index in [9.17, 15) is 8.42 Å². The van der Waals surface area contributed by atoms with Crippen LogP contribution in [0.1, 0.15) is 39.4 Å². The molecule has 0 aliphatic carbocycles. The first-order valence-corrected chi connectivity index (χ1v) is 6.66. The van der Waals surface area contributed by atoms with E-state index in [1.807, 2.05) is 13.8 Å². The lowest BCUT2D eigenvalue weighted by Crippen LogP contribution is -2.16. The Hall–Kier alpha value is -0.910. The molecule has 0 N–H and O–H groups in total. The van der Waals surface area contributed by atoms with E-state index >= 15 is 0 Å². The molecule has 0 unspecified atom stereocenters. The predicted molar refractivity (Wildman–Crippen MR) is 58.2 cm³/mol. The maximum atomic E-state index is 11.6. The van der Waals surface area contributed by atoms with Gasteiger partial charge in [0.1, 0.15) is 0 Å². The van der Waals surface area contributed by atoms with Crippen LogP contribution in [-0.2, 0) is 15.6 Å². The maximum absolute atomic E-state index is 11.6. The second kappa shape index (κ2) is 4.30. The summed E-state index contributed by atoms with van der Waals surface area (Å²) in [6.45, 7) is 7.27. The van der Waals surface area contributed by atoms with Gasteiger partial charge in [-0.05, 0) is 27.7 Å². The van der Waals surface area contributed by atoms with Crippen LogP contribution in [0.25, 0.3) is 0 Å². The van der Waals surface area contributed by atoms with Crippen molar-refractivity contribution in [2.45, 2.75) is 44.7 Å². The molecule has 5 nitrogen and oxygen atoms in total. The van der Waals surface area contributed by atoms with Crippen LogP contribution >= 0.6 is 0 Å². The van der Waals surface area contributed by atoms with Crippen LogP contribution in [0.5, 0.6) is 0 Å². The molecule has 1 aromatic rings. The van der Waals surface area contributed by atoms with Crippen LogP contribution in [0.15, 0.2) is 6.20 Å². The van der Waals surface area contributed by atoms with E-state index in [0.29, 0.717) is 5.69 Å². The second-order valence-electron chi connectivity index (χ2n) is 4.14. The molecule has 0 aliphatic heterocycles. The first-order valence-electron chi connectivity index (χ1n) is 4.95. The van der Waals surface area contributed by atoms with Crippen molar-refractivity contribution in [2.24, 2.45) is 0 Å². The minimum Gasteiger partial charge on any atom is -0.250 e. The number of sulfone groups is 1. The molecule has 0 fully saturated rings. The molecule has 0 amide bonds. The molecule has 0 aliphatic rings. The van der Waals surface area contributed by atoms with Crippen molar-refractivity contribution in [3.05, 3.63) is 11.9 Å². The highest BCUT2D eigenvalue weighted by Gasteiger charge is 2.18. The lowest BCUT2D eigenvalue weighted by atomic mass is 10.4. The molecule has 6 heteroatoms. The van der Waals surface area contributed by atoms with Gasteiger partial charge in [-0.3, -0.25) is 0 Å². The molecule has 0 aromatic carbocycles. The van der Waals surface area contributed by atoms with Gasteiger partial charge >= 0.3 is 0 Å². The molecule has 1 heterocycles. The number of nitrogens with zero attached hydrogens (tertiary/aromatic N) is 3. The summed E-state index contributed by atoms with van der Waals surface area (Å²) >= 11 is 0. The highest BCUT2D eigenvalue weighted by atomic mass is 32.2. The first kappa shape index (κ1) is 12.2. The van der Waals surface area contributed by atoms with Crippen molar-refractivity contribution in [1.29, 1.82) is 0 Å². The van der Waals surface area contributed by atoms with Crippen molar-refractivity contribution in [1.82, 2.24) is 15.0 Å². The van der Waals surface area contributed by atoms with Crippen LogP contribution in [0.2, 0.25) is 0 Å². The van der Waals surface area contributed by atoms with Crippen LogP contribution < -0.4 is 0 Å². The van der Waals surface area contributed by atoms with Crippen LogP contribution in [-0.4, -0.2) is 28.7 Å². The molecule has 0 saturated heterocycles. The summed E-state index contributed by atoms with van der Waals surface area (Å²) in [5.41, 5.74) is 0.511. The van der Waals surface area contributed by atoms with Crippen molar-refractivity contribution in [2.75, 3.05) is 0 Å². The van der Waals surface area contributed by atoms with Gasteiger partial charge in [-0.1, -0.05) is 5.21 Å². The lowest BCUT2D eigenvalue weighted by molar-refractivity contribution is 0.514. The van der Waals surface area contributed by atoms with Crippen molar-refractivity contribution < 1.29 is 8.42 Å². The predicted octanol–water partition coefficient (Wildman–Crippen LogP) is 1.18. The molecule has 0 bridgehead atoms. The van der Waals surface area contributed by atoms with Gasteiger partial charge in [-0.2, -0.15) is 0 Å². The fraction of sp³-hybridized carbons (Fsp3) is 0.778. The third-order valence-corrected chi connectivity index (χ3v) is 4.29. The lowest BCUT2D eigenvalue weighted by Gasteiger charge is -2.04. The SMILES string of the molecule is CC(C)n1cc(CS(=O)(=O)C(C)C)nn1. The average Bonchev–Trinajstić information content (AvgIpc) is 2.51. The zero-order valence-electron chi connectivity index (χ0n) is 9.51. The number of aromatic nitrogens is 3. The molecule has 1 rings (SSSR count). The summed E-state index contributed by atoms with van der Waals surface area (Å²) in [6, 6.07) is 0.202. The largest absolute Gasteiger partial charge is 0.250 e. The minimum absolute atomic E-state index is 0.0304.